The second-order valence-corrected chi connectivity index (χ2v) is 3.13. The van der Waals surface area contributed by atoms with Gasteiger partial charge in [-0.3, -0.25) is 4.99 Å². The fraction of sp³-hybridized carbons (Fsp3) is 0.250. The molecular weight excluding hydrogens is 190 g/mol. The van der Waals surface area contributed by atoms with Gasteiger partial charge in [0.1, 0.15) is 0 Å². The molecule has 0 saturated carbocycles. The standard InChI is InChI=1S/C12H13NO2/c1-3-10(13-4-2)9-5-6-11-12(7-9)15-8-14-11/h3-7H,8H2,1-2H3. The van der Waals surface area contributed by atoms with Crippen LogP contribution in [-0.2, 0) is 0 Å². The zero-order chi connectivity index (χ0) is 10.7. The molecule has 1 aromatic rings. The lowest BCUT2D eigenvalue weighted by Gasteiger charge is -2.02. The number of hydrogen-bond donors (Lipinski definition) is 0. The summed E-state index contributed by atoms with van der Waals surface area (Å²) in [4.78, 5) is 4.28. The van der Waals surface area contributed by atoms with Crippen LogP contribution in [0.4, 0.5) is 0 Å². The molecule has 1 aliphatic rings. The highest BCUT2D eigenvalue weighted by Crippen LogP contribution is 2.34. The lowest BCUT2D eigenvalue weighted by molar-refractivity contribution is 0.174. The van der Waals surface area contributed by atoms with Gasteiger partial charge in [0.15, 0.2) is 11.5 Å². The van der Waals surface area contributed by atoms with E-state index in [-0.39, 0.29) is 0 Å². The van der Waals surface area contributed by atoms with Crippen molar-refractivity contribution in [2.24, 2.45) is 4.99 Å². The van der Waals surface area contributed by atoms with E-state index in [4.69, 9.17) is 9.47 Å². The summed E-state index contributed by atoms with van der Waals surface area (Å²) in [6.07, 6.45) is 3.75. The smallest absolute Gasteiger partial charge is 0.231 e. The van der Waals surface area contributed by atoms with Crippen LogP contribution in [-0.4, -0.2) is 13.0 Å². The van der Waals surface area contributed by atoms with Crippen LogP contribution < -0.4 is 9.47 Å². The molecule has 0 unspecified atom stereocenters. The van der Waals surface area contributed by atoms with Gasteiger partial charge in [-0.2, -0.15) is 0 Å². The summed E-state index contributed by atoms with van der Waals surface area (Å²) in [7, 11) is 0. The van der Waals surface area contributed by atoms with Crippen molar-refractivity contribution >= 4 is 11.9 Å². The molecule has 2 rings (SSSR count). The molecule has 78 valence electrons. The Kier molecular flexibility index (Phi) is 2.72. The van der Waals surface area contributed by atoms with Crippen LogP contribution in [0.15, 0.2) is 29.3 Å². The van der Waals surface area contributed by atoms with Gasteiger partial charge in [0, 0.05) is 11.8 Å². The molecule has 0 N–H and O–H groups in total. The quantitative estimate of drug-likeness (QED) is 0.692. The van der Waals surface area contributed by atoms with E-state index in [0.29, 0.717) is 6.79 Å². The maximum absolute atomic E-state index is 5.31. The fourth-order valence-corrected chi connectivity index (χ4v) is 1.51. The molecule has 3 nitrogen and oxygen atoms in total. The Morgan fingerprint density at radius 3 is 2.80 bits per heavy atom. The normalized spacial score (nSPS) is 14.9. The van der Waals surface area contributed by atoms with Crippen LogP contribution in [0.3, 0.4) is 0 Å². The second kappa shape index (κ2) is 4.17. The van der Waals surface area contributed by atoms with E-state index in [1.54, 1.807) is 6.21 Å². The van der Waals surface area contributed by atoms with E-state index in [1.807, 2.05) is 38.1 Å². The molecule has 1 heterocycles. The average molecular weight is 203 g/mol. The van der Waals surface area contributed by atoms with Gasteiger partial charge in [-0.15, -0.1) is 0 Å². The van der Waals surface area contributed by atoms with Gasteiger partial charge in [0.2, 0.25) is 6.79 Å². The van der Waals surface area contributed by atoms with E-state index in [2.05, 4.69) is 4.99 Å². The summed E-state index contributed by atoms with van der Waals surface area (Å²) in [6.45, 7) is 4.17. The molecule has 0 amide bonds. The number of fused-ring (bicyclic) bond motifs is 1. The van der Waals surface area contributed by atoms with Crippen LogP contribution in [0.2, 0.25) is 0 Å². The monoisotopic (exact) mass is 203 g/mol. The Labute approximate surface area is 89.0 Å². The van der Waals surface area contributed by atoms with E-state index >= 15 is 0 Å². The molecule has 0 aliphatic carbocycles. The maximum Gasteiger partial charge on any atom is 0.231 e. The Hall–Kier alpha value is -1.77. The van der Waals surface area contributed by atoms with Gasteiger partial charge >= 0.3 is 0 Å². The van der Waals surface area contributed by atoms with Crippen molar-refractivity contribution < 1.29 is 9.47 Å². The average Bonchev–Trinajstić information content (AvgIpc) is 2.72. The van der Waals surface area contributed by atoms with Crippen molar-refractivity contribution in [1.29, 1.82) is 0 Å². The topological polar surface area (TPSA) is 30.8 Å². The number of aliphatic imine (C=N–C) groups is 1. The number of benzene rings is 1. The molecule has 0 saturated heterocycles. The molecule has 3 heteroatoms. The van der Waals surface area contributed by atoms with Crippen LogP contribution in [0.25, 0.3) is 5.70 Å². The Morgan fingerprint density at radius 1 is 1.27 bits per heavy atom. The highest BCUT2D eigenvalue weighted by atomic mass is 16.7. The van der Waals surface area contributed by atoms with E-state index in [1.165, 1.54) is 0 Å². The fourth-order valence-electron chi connectivity index (χ4n) is 1.51. The largest absolute Gasteiger partial charge is 0.454 e. The van der Waals surface area contributed by atoms with Crippen LogP contribution in [0.1, 0.15) is 19.4 Å². The van der Waals surface area contributed by atoms with Gasteiger partial charge < -0.3 is 9.47 Å². The van der Waals surface area contributed by atoms with Gasteiger partial charge in [0.25, 0.3) is 0 Å². The third-order valence-electron chi connectivity index (χ3n) is 2.21. The Bertz CT molecular complexity index is 422. The van der Waals surface area contributed by atoms with E-state index in [9.17, 15) is 0 Å². The van der Waals surface area contributed by atoms with Crippen LogP contribution in [0.5, 0.6) is 11.5 Å². The summed E-state index contributed by atoms with van der Waals surface area (Å²) >= 11 is 0. The second-order valence-electron chi connectivity index (χ2n) is 3.13. The third-order valence-corrected chi connectivity index (χ3v) is 2.21. The van der Waals surface area contributed by atoms with Crippen molar-refractivity contribution in [2.75, 3.05) is 6.79 Å². The third kappa shape index (κ3) is 1.86. The van der Waals surface area contributed by atoms with Crippen molar-refractivity contribution in [3.05, 3.63) is 29.8 Å². The summed E-state index contributed by atoms with van der Waals surface area (Å²) < 4.78 is 10.6. The molecule has 0 atom stereocenters. The van der Waals surface area contributed by atoms with Crippen LogP contribution in [0, 0.1) is 0 Å². The zero-order valence-electron chi connectivity index (χ0n) is 8.86. The molecule has 0 bridgehead atoms. The minimum Gasteiger partial charge on any atom is -0.454 e. The molecule has 0 aromatic heterocycles. The number of hydrogen-bond acceptors (Lipinski definition) is 3. The summed E-state index contributed by atoms with van der Waals surface area (Å²) in [5.41, 5.74) is 1.98. The van der Waals surface area contributed by atoms with Crippen molar-refractivity contribution in [1.82, 2.24) is 0 Å². The number of ether oxygens (including phenoxy) is 2. The zero-order valence-corrected chi connectivity index (χ0v) is 8.86. The predicted molar refractivity (Wildman–Crippen MR) is 60.4 cm³/mol. The molecular formula is C12H13NO2. The van der Waals surface area contributed by atoms with Crippen molar-refractivity contribution in [2.45, 2.75) is 13.8 Å². The molecule has 0 spiro atoms. The highest BCUT2D eigenvalue weighted by Gasteiger charge is 2.13. The Morgan fingerprint density at radius 2 is 2.07 bits per heavy atom. The number of allylic oxidation sites excluding steroid dienone is 1. The van der Waals surface area contributed by atoms with Gasteiger partial charge in [-0.05, 0) is 32.0 Å². The first-order valence-corrected chi connectivity index (χ1v) is 4.90. The van der Waals surface area contributed by atoms with Gasteiger partial charge in [-0.1, -0.05) is 6.08 Å². The summed E-state index contributed by atoms with van der Waals surface area (Å²) in [6, 6.07) is 5.84. The van der Waals surface area contributed by atoms with Crippen molar-refractivity contribution in [3.63, 3.8) is 0 Å². The first-order valence-electron chi connectivity index (χ1n) is 4.90. The summed E-state index contributed by atoms with van der Waals surface area (Å²) in [5, 5.41) is 0. The van der Waals surface area contributed by atoms with Gasteiger partial charge in [0.05, 0.1) is 5.70 Å². The molecule has 1 aliphatic heterocycles. The minimum absolute atomic E-state index is 0.307. The number of rotatable bonds is 2. The summed E-state index contributed by atoms with van der Waals surface area (Å²) in [5.74, 6) is 1.59. The van der Waals surface area contributed by atoms with E-state index < -0.39 is 0 Å². The lowest BCUT2D eigenvalue weighted by atomic mass is 10.1. The molecule has 0 fully saturated rings. The number of nitrogens with zero attached hydrogens (tertiary/aromatic N) is 1. The van der Waals surface area contributed by atoms with E-state index in [0.717, 1.165) is 22.8 Å². The predicted octanol–water partition coefficient (Wildman–Crippen LogP) is 2.87. The van der Waals surface area contributed by atoms with Gasteiger partial charge in [-0.25, -0.2) is 0 Å². The lowest BCUT2D eigenvalue weighted by Crippen LogP contribution is -1.92. The van der Waals surface area contributed by atoms with Crippen LogP contribution >= 0.6 is 0 Å². The minimum atomic E-state index is 0.307. The van der Waals surface area contributed by atoms with Crippen molar-refractivity contribution in [3.8, 4) is 11.5 Å². The molecule has 0 radical (unpaired) electrons. The first kappa shape index (κ1) is 9.77. The first-order chi connectivity index (χ1) is 7.35. The maximum atomic E-state index is 5.31. The highest BCUT2D eigenvalue weighted by molar-refractivity contribution is 5.74. The Balaban J connectivity index is 2.37. The molecule has 15 heavy (non-hydrogen) atoms. The SMILES string of the molecule is CC=NC(=CC)c1ccc2c(c1)OCO2. The molecule has 1 aromatic carbocycles.